The van der Waals surface area contributed by atoms with E-state index < -0.39 is 0 Å². The molecule has 2 heteroatoms. The maximum atomic E-state index is 3.54. The zero-order chi connectivity index (χ0) is 11.5. The highest BCUT2D eigenvalue weighted by Gasteiger charge is 2.05. The van der Waals surface area contributed by atoms with Crippen LogP contribution < -0.4 is 5.32 Å². The summed E-state index contributed by atoms with van der Waals surface area (Å²) in [6.07, 6.45) is 5.19. The molecule has 92 valence electrons. The number of hydrogen-bond donors (Lipinski definition) is 1. The molecule has 0 rings (SSSR count). The van der Waals surface area contributed by atoms with Gasteiger partial charge in [-0.2, -0.15) is 0 Å². The van der Waals surface area contributed by atoms with E-state index in [9.17, 15) is 0 Å². The van der Waals surface area contributed by atoms with E-state index in [-0.39, 0.29) is 0 Å². The first kappa shape index (κ1) is 14.9. The molecule has 0 aliphatic carbocycles. The fourth-order valence-corrected chi connectivity index (χ4v) is 2.04. The molecule has 0 aromatic carbocycles. The van der Waals surface area contributed by atoms with Crippen molar-refractivity contribution in [2.45, 2.75) is 59.4 Å². The van der Waals surface area contributed by atoms with E-state index in [1.807, 2.05) is 0 Å². The smallest absolute Gasteiger partial charge is 0.00647 e. The summed E-state index contributed by atoms with van der Waals surface area (Å²) < 4.78 is 0. The molecular weight excluding hydrogens is 184 g/mol. The molecular formula is C13H30N2. The van der Waals surface area contributed by atoms with Crippen LogP contribution in [0.4, 0.5) is 0 Å². The van der Waals surface area contributed by atoms with Gasteiger partial charge < -0.3 is 10.2 Å². The highest BCUT2D eigenvalue weighted by Crippen LogP contribution is 2.03. The molecule has 0 spiro atoms. The summed E-state index contributed by atoms with van der Waals surface area (Å²) in [5, 5.41) is 3.54. The third kappa shape index (κ3) is 7.80. The molecule has 15 heavy (non-hydrogen) atoms. The molecule has 1 atom stereocenters. The van der Waals surface area contributed by atoms with E-state index in [1.54, 1.807) is 0 Å². The van der Waals surface area contributed by atoms with Crippen LogP contribution in [0.25, 0.3) is 0 Å². The molecule has 2 nitrogen and oxygen atoms in total. The van der Waals surface area contributed by atoms with Crippen LogP contribution in [-0.4, -0.2) is 37.1 Å². The van der Waals surface area contributed by atoms with Crippen LogP contribution >= 0.6 is 0 Å². The van der Waals surface area contributed by atoms with Crippen molar-refractivity contribution in [2.75, 3.05) is 26.2 Å². The average Bonchev–Trinajstić information content (AvgIpc) is 2.26. The van der Waals surface area contributed by atoms with Gasteiger partial charge >= 0.3 is 0 Å². The molecule has 0 aliphatic rings. The monoisotopic (exact) mass is 214 g/mol. The van der Waals surface area contributed by atoms with E-state index in [1.165, 1.54) is 45.3 Å². The predicted octanol–water partition coefficient (Wildman–Crippen LogP) is 2.89. The first-order chi connectivity index (χ1) is 7.28. The number of nitrogens with one attached hydrogen (secondary N) is 1. The Balaban J connectivity index is 3.55. The minimum atomic E-state index is 0.732. The van der Waals surface area contributed by atoms with Crippen LogP contribution in [0.2, 0.25) is 0 Å². The van der Waals surface area contributed by atoms with Crippen LogP contribution in [-0.2, 0) is 0 Å². The van der Waals surface area contributed by atoms with Gasteiger partial charge in [0.15, 0.2) is 0 Å². The molecule has 1 unspecified atom stereocenters. The van der Waals surface area contributed by atoms with Gasteiger partial charge in [0.2, 0.25) is 0 Å². The summed E-state index contributed by atoms with van der Waals surface area (Å²) in [6, 6.07) is 0.732. The molecule has 0 aliphatic heterocycles. The topological polar surface area (TPSA) is 15.3 Å². The molecule has 0 fully saturated rings. The summed E-state index contributed by atoms with van der Waals surface area (Å²) in [5.41, 5.74) is 0. The zero-order valence-electron chi connectivity index (χ0n) is 11.2. The Morgan fingerprint density at radius 1 is 1.07 bits per heavy atom. The molecule has 0 radical (unpaired) electrons. The standard InChI is InChI=1S/C13H30N2/c1-5-11-15(8-4)12-9-10-13(6-2)14-7-3/h13-14H,5-12H2,1-4H3. The van der Waals surface area contributed by atoms with Gasteiger partial charge in [0.25, 0.3) is 0 Å². The highest BCUT2D eigenvalue weighted by molar-refractivity contribution is 4.65. The number of nitrogens with zero attached hydrogens (tertiary/aromatic N) is 1. The quantitative estimate of drug-likeness (QED) is 0.601. The van der Waals surface area contributed by atoms with Gasteiger partial charge in [-0.05, 0) is 51.9 Å². The SMILES string of the molecule is CCCN(CC)CCCC(CC)NCC. The summed E-state index contributed by atoms with van der Waals surface area (Å²) >= 11 is 0. The maximum Gasteiger partial charge on any atom is 0.00647 e. The van der Waals surface area contributed by atoms with Crippen molar-refractivity contribution in [3.8, 4) is 0 Å². The second-order valence-electron chi connectivity index (χ2n) is 4.24. The summed E-state index contributed by atoms with van der Waals surface area (Å²) in [5.74, 6) is 0. The largest absolute Gasteiger partial charge is 0.314 e. The number of hydrogen-bond acceptors (Lipinski definition) is 2. The second-order valence-corrected chi connectivity index (χ2v) is 4.24. The van der Waals surface area contributed by atoms with Crippen LogP contribution in [0.1, 0.15) is 53.4 Å². The first-order valence-electron chi connectivity index (χ1n) is 6.74. The Labute approximate surface area is 96.4 Å². The Hall–Kier alpha value is -0.0800. The lowest BCUT2D eigenvalue weighted by Crippen LogP contribution is -2.30. The van der Waals surface area contributed by atoms with Gasteiger partial charge in [0.1, 0.15) is 0 Å². The lowest BCUT2D eigenvalue weighted by atomic mass is 10.1. The minimum Gasteiger partial charge on any atom is -0.314 e. The molecule has 0 aromatic heterocycles. The molecule has 0 bridgehead atoms. The van der Waals surface area contributed by atoms with Crippen molar-refractivity contribution in [1.82, 2.24) is 10.2 Å². The Morgan fingerprint density at radius 3 is 2.27 bits per heavy atom. The highest BCUT2D eigenvalue weighted by atomic mass is 15.1. The van der Waals surface area contributed by atoms with Crippen LogP contribution in [0.3, 0.4) is 0 Å². The van der Waals surface area contributed by atoms with E-state index in [0.29, 0.717) is 0 Å². The molecule has 0 saturated carbocycles. The van der Waals surface area contributed by atoms with Crippen molar-refractivity contribution in [3.05, 3.63) is 0 Å². The fourth-order valence-electron chi connectivity index (χ4n) is 2.04. The van der Waals surface area contributed by atoms with Gasteiger partial charge in [-0.1, -0.05) is 27.7 Å². The second kappa shape index (κ2) is 10.4. The zero-order valence-corrected chi connectivity index (χ0v) is 11.2. The summed E-state index contributed by atoms with van der Waals surface area (Å²) in [6.45, 7) is 13.8. The van der Waals surface area contributed by atoms with E-state index >= 15 is 0 Å². The fraction of sp³-hybridized carbons (Fsp3) is 1.00. The van der Waals surface area contributed by atoms with Gasteiger partial charge in [0, 0.05) is 6.04 Å². The predicted molar refractivity (Wildman–Crippen MR) is 69.4 cm³/mol. The van der Waals surface area contributed by atoms with Crippen molar-refractivity contribution in [3.63, 3.8) is 0 Å². The van der Waals surface area contributed by atoms with Crippen molar-refractivity contribution in [1.29, 1.82) is 0 Å². The molecule has 0 heterocycles. The molecule has 1 N–H and O–H groups in total. The Bertz CT molecular complexity index is 112. The molecule has 0 amide bonds. The molecule has 0 aromatic rings. The van der Waals surface area contributed by atoms with Gasteiger partial charge in [-0.3, -0.25) is 0 Å². The minimum absolute atomic E-state index is 0.732. The van der Waals surface area contributed by atoms with E-state index in [2.05, 4.69) is 37.9 Å². The lowest BCUT2D eigenvalue weighted by molar-refractivity contribution is 0.275. The third-order valence-electron chi connectivity index (χ3n) is 3.00. The van der Waals surface area contributed by atoms with Crippen molar-refractivity contribution < 1.29 is 0 Å². The number of rotatable bonds is 10. The summed E-state index contributed by atoms with van der Waals surface area (Å²) in [4.78, 5) is 2.55. The Morgan fingerprint density at radius 2 is 1.80 bits per heavy atom. The van der Waals surface area contributed by atoms with E-state index in [0.717, 1.165) is 12.6 Å². The Kier molecular flexibility index (Phi) is 10.4. The lowest BCUT2D eigenvalue weighted by Gasteiger charge is -2.21. The van der Waals surface area contributed by atoms with Crippen LogP contribution in [0.5, 0.6) is 0 Å². The van der Waals surface area contributed by atoms with Crippen molar-refractivity contribution in [2.24, 2.45) is 0 Å². The molecule has 0 saturated heterocycles. The summed E-state index contributed by atoms with van der Waals surface area (Å²) in [7, 11) is 0. The average molecular weight is 214 g/mol. The van der Waals surface area contributed by atoms with Gasteiger partial charge in [0.05, 0.1) is 0 Å². The van der Waals surface area contributed by atoms with Gasteiger partial charge in [-0.25, -0.2) is 0 Å². The third-order valence-corrected chi connectivity index (χ3v) is 3.00. The van der Waals surface area contributed by atoms with Crippen molar-refractivity contribution >= 4 is 0 Å². The normalized spacial score (nSPS) is 13.4. The van der Waals surface area contributed by atoms with E-state index in [4.69, 9.17) is 0 Å². The van der Waals surface area contributed by atoms with Gasteiger partial charge in [-0.15, -0.1) is 0 Å². The first-order valence-corrected chi connectivity index (χ1v) is 6.74. The van der Waals surface area contributed by atoms with Crippen LogP contribution in [0.15, 0.2) is 0 Å². The van der Waals surface area contributed by atoms with Crippen LogP contribution in [0, 0.1) is 0 Å². The maximum absolute atomic E-state index is 3.54.